The van der Waals surface area contributed by atoms with Crippen LogP contribution in [-0.4, -0.2) is 41.7 Å². The number of ether oxygens (including phenoxy) is 2. The van der Waals surface area contributed by atoms with Crippen molar-refractivity contribution < 1.29 is 19.7 Å². The molecular weight excluding hydrogens is 460 g/mol. The lowest BCUT2D eigenvalue weighted by Crippen LogP contribution is -2.44. The van der Waals surface area contributed by atoms with Gasteiger partial charge in [0.25, 0.3) is 0 Å². The molecule has 4 nitrogen and oxygen atoms in total. The molecule has 214 valence electrons. The highest BCUT2D eigenvalue weighted by Crippen LogP contribution is 2.49. The van der Waals surface area contributed by atoms with Crippen molar-refractivity contribution in [1.82, 2.24) is 0 Å². The average Bonchev–Trinajstić information content (AvgIpc) is 3.20. The molecule has 0 radical (unpaired) electrons. The summed E-state index contributed by atoms with van der Waals surface area (Å²) in [5.74, 6) is 6.53. The molecule has 2 heterocycles. The van der Waals surface area contributed by atoms with Crippen molar-refractivity contribution in [3.63, 3.8) is 0 Å². The van der Waals surface area contributed by atoms with E-state index in [1.165, 1.54) is 32.1 Å². The predicted molar refractivity (Wildman–Crippen MR) is 151 cm³/mol. The van der Waals surface area contributed by atoms with Crippen LogP contribution in [0.1, 0.15) is 99.8 Å². The first kappa shape index (κ1) is 29.4. The highest BCUT2D eigenvalue weighted by Gasteiger charge is 2.45. The first-order valence-corrected chi connectivity index (χ1v) is 15.9. The highest BCUT2D eigenvalue weighted by molar-refractivity contribution is 5.00. The van der Waals surface area contributed by atoms with Gasteiger partial charge in [-0.3, -0.25) is 0 Å². The molecule has 6 unspecified atom stereocenters. The number of aliphatic hydroxyl groups is 2. The molecule has 4 aliphatic rings. The summed E-state index contributed by atoms with van der Waals surface area (Å²) < 4.78 is 12.3. The van der Waals surface area contributed by atoms with E-state index in [4.69, 9.17) is 9.47 Å². The molecule has 0 aromatic carbocycles. The Morgan fingerprint density at radius 1 is 0.784 bits per heavy atom. The Bertz CT molecular complexity index is 751. The fourth-order valence-electron chi connectivity index (χ4n) is 9.12. The third-order valence-electron chi connectivity index (χ3n) is 11.9. The molecule has 4 rings (SSSR count). The first-order chi connectivity index (χ1) is 17.6. The van der Waals surface area contributed by atoms with Crippen LogP contribution in [0, 0.1) is 65.1 Å². The van der Waals surface area contributed by atoms with Gasteiger partial charge in [-0.1, -0.05) is 47.5 Å². The van der Waals surface area contributed by atoms with Crippen molar-refractivity contribution in [2.45, 2.75) is 118 Å². The molecule has 2 aliphatic carbocycles. The summed E-state index contributed by atoms with van der Waals surface area (Å²) >= 11 is 0. The Labute approximate surface area is 228 Å². The highest BCUT2D eigenvalue weighted by atomic mass is 16.5. The third kappa shape index (κ3) is 6.60. The van der Waals surface area contributed by atoms with Gasteiger partial charge in [-0.25, -0.2) is 0 Å². The molecule has 1 saturated heterocycles. The van der Waals surface area contributed by atoms with Crippen molar-refractivity contribution >= 4 is 0 Å². The van der Waals surface area contributed by atoms with Crippen LogP contribution in [0.15, 0.2) is 11.8 Å². The summed E-state index contributed by atoms with van der Waals surface area (Å²) in [6, 6.07) is 0. The summed E-state index contributed by atoms with van der Waals surface area (Å²) in [4.78, 5) is 0. The smallest absolute Gasteiger partial charge is 0.0910 e. The van der Waals surface area contributed by atoms with E-state index < -0.39 is 0 Å². The van der Waals surface area contributed by atoms with Gasteiger partial charge in [0.05, 0.1) is 37.3 Å². The number of rotatable bonds is 7. The molecule has 2 N–H and O–H groups in total. The van der Waals surface area contributed by atoms with Crippen molar-refractivity contribution in [3.05, 3.63) is 11.8 Å². The topological polar surface area (TPSA) is 58.9 Å². The Morgan fingerprint density at radius 3 is 2.11 bits per heavy atom. The predicted octanol–water partition coefficient (Wildman–Crippen LogP) is 7.09. The zero-order valence-corrected chi connectivity index (χ0v) is 24.9. The summed E-state index contributed by atoms with van der Waals surface area (Å²) in [6.07, 6.45) is 11.0. The van der Waals surface area contributed by atoms with E-state index in [9.17, 15) is 10.2 Å². The van der Waals surface area contributed by atoms with Gasteiger partial charge in [0, 0.05) is 0 Å². The number of hydrogen-bond donors (Lipinski definition) is 2. The molecule has 0 aromatic rings. The van der Waals surface area contributed by atoms with E-state index >= 15 is 0 Å². The monoisotopic (exact) mass is 518 g/mol. The van der Waals surface area contributed by atoms with E-state index in [1.54, 1.807) is 0 Å². The number of hydrogen-bond acceptors (Lipinski definition) is 4. The largest absolute Gasteiger partial charge is 0.498 e. The maximum absolute atomic E-state index is 11.6. The van der Waals surface area contributed by atoms with Crippen LogP contribution in [0.2, 0.25) is 0 Å². The number of allylic oxidation sites excluding steroid dienone is 2. The van der Waals surface area contributed by atoms with Gasteiger partial charge in [0.15, 0.2) is 0 Å². The molecule has 0 spiro atoms. The standard InChI is InChI=1S/C33H58O4/c1-19-8-12-28(30-17-36-22(4)10-14-26(19)30)24(6)32(34)16-21(3)33(35)25(7)29-13-9-20(2)27-15-11-23(5)37-18-31(27)29/h10,19-21,23-35H,8-9,11-18H2,1-7H3/t19-,20-,21+,23+,24-,25-,26?,27?,28?,29?,30?,31?,32-,33-/m1/s1. The van der Waals surface area contributed by atoms with Crippen molar-refractivity contribution in [2.24, 2.45) is 65.1 Å². The molecule has 0 aromatic heterocycles. The fourth-order valence-corrected chi connectivity index (χ4v) is 9.12. The second-order valence-electron chi connectivity index (χ2n) is 14.2. The molecule has 0 bridgehead atoms. The Kier molecular flexibility index (Phi) is 10.1. The third-order valence-corrected chi connectivity index (χ3v) is 11.9. The summed E-state index contributed by atoms with van der Waals surface area (Å²) in [5.41, 5.74) is 0. The van der Waals surface area contributed by atoms with E-state index in [0.717, 1.165) is 49.6 Å². The van der Waals surface area contributed by atoms with Crippen LogP contribution in [-0.2, 0) is 9.47 Å². The van der Waals surface area contributed by atoms with Crippen LogP contribution in [0.5, 0.6) is 0 Å². The van der Waals surface area contributed by atoms with Gasteiger partial charge >= 0.3 is 0 Å². The van der Waals surface area contributed by atoms with Crippen molar-refractivity contribution in [1.29, 1.82) is 0 Å². The summed E-state index contributed by atoms with van der Waals surface area (Å²) in [5, 5.41) is 23.0. The summed E-state index contributed by atoms with van der Waals surface area (Å²) in [6.45, 7) is 17.5. The Balaban J connectivity index is 1.37. The molecular formula is C33H58O4. The minimum atomic E-state index is -0.381. The van der Waals surface area contributed by atoms with Gasteiger partial charge in [-0.2, -0.15) is 0 Å². The second kappa shape index (κ2) is 12.7. The minimum absolute atomic E-state index is 0.0866. The molecule has 14 atom stereocenters. The number of aliphatic hydroxyl groups excluding tert-OH is 2. The van der Waals surface area contributed by atoms with Gasteiger partial charge in [0.1, 0.15) is 0 Å². The maximum Gasteiger partial charge on any atom is 0.0910 e. The van der Waals surface area contributed by atoms with Crippen LogP contribution in [0.25, 0.3) is 0 Å². The van der Waals surface area contributed by atoms with Gasteiger partial charge < -0.3 is 19.7 Å². The fraction of sp³-hybridized carbons (Fsp3) is 0.939. The Morgan fingerprint density at radius 2 is 1.41 bits per heavy atom. The average molecular weight is 519 g/mol. The molecule has 2 aliphatic heterocycles. The maximum atomic E-state index is 11.6. The van der Waals surface area contributed by atoms with Crippen LogP contribution in [0.3, 0.4) is 0 Å². The molecule has 4 heteroatoms. The van der Waals surface area contributed by atoms with E-state index in [1.807, 2.05) is 0 Å². The van der Waals surface area contributed by atoms with Gasteiger partial charge in [-0.05, 0) is 124 Å². The quantitative estimate of drug-likeness (QED) is 0.378. The Hall–Kier alpha value is -0.580. The summed E-state index contributed by atoms with van der Waals surface area (Å²) in [7, 11) is 0. The van der Waals surface area contributed by atoms with Gasteiger partial charge in [-0.15, -0.1) is 0 Å². The van der Waals surface area contributed by atoms with E-state index in [0.29, 0.717) is 42.1 Å². The molecule has 37 heavy (non-hydrogen) atoms. The van der Waals surface area contributed by atoms with Gasteiger partial charge in [0.2, 0.25) is 0 Å². The van der Waals surface area contributed by atoms with Crippen LogP contribution in [0.4, 0.5) is 0 Å². The zero-order valence-electron chi connectivity index (χ0n) is 24.9. The van der Waals surface area contributed by atoms with E-state index in [2.05, 4.69) is 54.5 Å². The SMILES string of the molecule is CC1=CCC2C(CO1)C([C@@H](C)[C@H](O)C[C@H](C)[C@@H](O)[C@H](C)C1CC[C@@H](C)C3CC[C@H](C)OCC31)CC[C@H]2C. The molecule has 2 saturated carbocycles. The molecule has 3 fully saturated rings. The zero-order chi connectivity index (χ0) is 26.9. The second-order valence-corrected chi connectivity index (χ2v) is 14.2. The lowest BCUT2D eigenvalue weighted by atomic mass is 9.60. The van der Waals surface area contributed by atoms with E-state index in [-0.39, 0.29) is 30.0 Å². The van der Waals surface area contributed by atoms with Crippen molar-refractivity contribution in [3.8, 4) is 0 Å². The van der Waals surface area contributed by atoms with Crippen molar-refractivity contribution in [2.75, 3.05) is 13.2 Å². The first-order valence-electron chi connectivity index (χ1n) is 15.9. The minimum Gasteiger partial charge on any atom is -0.498 e. The lowest BCUT2D eigenvalue weighted by molar-refractivity contribution is -0.0606. The lowest BCUT2D eigenvalue weighted by Gasteiger charge is -2.46. The van der Waals surface area contributed by atoms with Crippen LogP contribution < -0.4 is 0 Å². The normalized spacial score (nSPS) is 42.9. The number of fused-ring (bicyclic) bond motifs is 2. The molecule has 0 amide bonds. The van der Waals surface area contributed by atoms with Crippen LogP contribution >= 0.6 is 0 Å².